The zero-order valence-corrected chi connectivity index (χ0v) is 12.0. The molecule has 5 nitrogen and oxygen atoms in total. The smallest absolute Gasteiger partial charge is 0.317 e. The predicted octanol–water partition coefficient (Wildman–Crippen LogP) is 1.87. The fourth-order valence-corrected chi connectivity index (χ4v) is 2.30. The third-order valence-corrected chi connectivity index (χ3v) is 3.44. The van der Waals surface area contributed by atoms with E-state index in [1.54, 1.807) is 6.07 Å². The van der Waals surface area contributed by atoms with Crippen molar-refractivity contribution < 1.29 is 14.3 Å². The number of fused-ring (bicyclic) bond motifs is 1. The van der Waals surface area contributed by atoms with E-state index in [0.717, 1.165) is 16.5 Å². The maximum atomic E-state index is 13.3. The average Bonchev–Trinajstić information content (AvgIpc) is 2.87. The number of nitrogens with zero attached hydrogens (tertiary/aromatic N) is 1. The van der Waals surface area contributed by atoms with E-state index in [1.807, 2.05) is 13.1 Å². The number of aromatic nitrogens is 1. The molecule has 0 fully saturated rings. The van der Waals surface area contributed by atoms with Crippen LogP contribution in [-0.4, -0.2) is 47.3 Å². The van der Waals surface area contributed by atoms with Crippen molar-refractivity contribution in [1.82, 2.24) is 15.2 Å². The Morgan fingerprint density at radius 1 is 1.48 bits per heavy atom. The van der Waals surface area contributed by atoms with Gasteiger partial charge < -0.3 is 20.3 Å². The van der Waals surface area contributed by atoms with Gasteiger partial charge in [0, 0.05) is 36.7 Å². The van der Waals surface area contributed by atoms with E-state index in [0.29, 0.717) is 26.1 Å². The van der Waals surface area contributed by atoms with E-state index in [-0.39, 0.29) is 18.5 Å². The first-order chi connectivity index (χ1) is 10.2. The Bertz CT molecular complexity index is 612. The van der Waals surface area contributed by atoms with Crippen LogP contribution < -0.4 is 5.32 Å². The topological polar surface area (TPSA) is 68.4 Å². The molecule has 0 aliphatic rings. The number of hydrogen-bond acceptors (Lipinski definition) is 2. The Morgan fingerprint density at radius 3 is 3.00 bits per heavy atom. The summed E-state index contributed by atoms with van der Waals surface area (Å²) in [5.74, 6) is -0.271. The highest BCUT2D eigenvalue weighted by molar-refractivity contribution is 5.83. The number of aliphatic hydroxyl groups is 1. The quantitative estimate of drug-likeness (QED) is 0.761. The van der Waals surface area contributed by atoms with Crippen LogP contribution >= 0.6 is 0 Å². The van der Waals surface area contributed by atoms with E-state index >= 15 is 0 Å². The first-order valence-corrected chi connectivity index (χ1v) is 7.04. The summed E-state index contributed by atoms with van der Waals surface area (Å²) >= 11 is 0. The van der Waals surface area contributed by atoms with Crippen LogP contribution in [0.15, 0.2) is 24.4 Å². The molecule has 0 bridgehead atoms. The molecule has 2 rings (SSSR count). The number of benzene rings is 1. The minimum Gasteiger partial charge on any atom is -0.395 e. The van der Waals surface area contributed by atoms with Crippen LogP contribution in [0.1, 0.15) is 12.5 Å². The highest BCUT2D eigenvalue weighted by Gasteiger charge is 2.10. The third-order valence-electron chi connectivity index (χ3n) is 3.44. The van der Waals surface area contributed by atoms with Gasteiger partial charge in [0.25, 0.3) is 0 Å². The van der Waals surface area contributed by atoms with Crippen LogP contribution in [0.4, 0.5) is 9.18 Å². The van der Waals surface area contributed by atoms with Crippen molar-refractivity contribution in [2.75, 3.05) is 26.2 Å². The van der Waals surface area contributed by atoms with Crippen molar-refractivity contribution in [3.8, 4) is 0 Å². The summed E-state index contributed by atoms with van der Waals surface area (Å²) < 4.78 is 13.3. The maximum Gasteiger partial charge on any atom is 0.317 e. The van der Waals surface area contributed by atoms with Gasteiger partial charge in [-0.1, -0.05) is 0 Å². The van der Waals surface area contributed by atoms with Gasteiger partial charge in [0.1, 0.15) is 5.82 Å². The second kappa shape index (κ2) is 7.08. The van der Waals surface area contributed by atoms with E-state index in [4.69, 9.17) is 5.11 Å². The summed E-state index contributed by atoms with van der Waals surface area (Å²) in [5, 5.41) is 12.5. The van der Waals surface area contributed by atoms with E-state index in [2.05, 4.69) is 10.3 Å². The summed E-state index contributed by atoms with van der Waals surface area (Å²) in [6, 6.07) is 4.41. The number of aromatic amines is 1. The van der Waals surface area contributed by atoms with Crippen LogP contribution in [0.25, 0.3) is 10.9 Å². The maximum absolute atomic E-state index is 13.3. The highest BCUT2D eigenvalue weighted by atomic mass is 19.1. The molecule has 1 aromatic heterocycles. The molecule has 1 heterocycles. The van der Waals surface area contributed by atoms with Crippen molar-refractivity contribution in [1.29, 1.82) is 0 Å². The Labute approximate surface area is 122 Å². The van der Waals surface area contributed by atoms with Gasteiger partial charge in [-0.15, -0.1) is 0 Å². The van der Waals surface area contributed by atoms with Gasteiger partial charge in [-0.05, 0) is 37.1 Å². The largest absolute Gasteiger partial charge is 0.395 e. The fraction of sp³-hybridized carbons (Fsp3) is 0.400. The molecule has 2 amide bonds. The number of carbonyl (C=O) groups excluding carboxylic acids is 1. The number of urea groups is 1. The monoisotopic (exact) mass is 293 g/mol. The van der Waals surface area contributed by atoms with E-state index in [1.165, 1.54) is 17.0 Å². The molecule has 0 atom stereocenters. The standard InChI is InChI=1S/C15H20FN3O2/c1-2-19(7-8-20)15(21)17-6-5-11-10-18-14-4-3-12(16)9-13(11)14/h3-4,9-10,18,20H,2,5-8H2,1H3,(H,17,21). The normalized spacial score (nSPS) is 10.8. The first kappa shape index (κ1) is 15.3. The Balaban J connectivity index is 1.93. The molecule has 0 saturated carbocycles. The summed E-state index contributed by atoms with van der Waals surface area (Å²) in [4.78, 5) is 16.5. The molecule has 0 aliphatic carbocycles. The summed E-state index contributed by atoms with van der Waals surface area (Å²) in [6.07, 6.45) is 2.45. The number of likely N-dealkylation sites (N-methyl/N-ethyl adjacent to an activating group) is 1. The number of halogens is 1. The second-order valence-electron chi connectivity index (χ2n) is 4.79. The van der Waals surface area contributed by atoms with Gasteiger partial charge in [0.2, 0.25) is 0 Å². The minimum absolute atomic E-state index is 0.0526. The molecular weight excluding hydrogens is 273 g/mol. The Hall–Kier alpha value is -2.08. The molecule has 2 aromatic rings. The lowest BCUT2D eigenvalue weighted by Gasteiger charge is -2.20. The van der Waals surface area contributed by atoms with Crippen molar-refractivity contribution >= 4 is 16.9 Å². The zero-order valence-electron chi connectivity index (χ0n) is 12.0. The van der Waals surface area contributed by atoms with Gasteiger partial charge in [0.05, 0.1) is 6.61 Å². The SMILES string of the molecule is CCN(CCO)C(=O)NCCc1c[nH]c2ccc(F)cc12. The number of hydrogen-bond donors (Lipinski definition) is 3. The van der Waals surface area contributed by atoms with Crippen LogP contribution in [-0.2, 0) is 6.42 Å². The van der Waals surface area contributed by atoms with Crippen molar-refractivity contribution in [2.45, 2.75) is 13.3 Å². The molecule has 0 spiro atoms. The van der Waals surface area contributed by atoms with Crippen LogP contribution in [0, 0.1) is 5.82 Å². The van der Waals surface area contributed by atoms with Crippen LogP contribution in [0.5, 0.6) is 0 Å². The number of H-pyrrole nitrogens is 1. The molecule has 0 saturated heterocycles. The third kappa shape index (κ3) is 3.72. The molecule has 114 valence electrons. The van der Waals surface area contributed by atoms with Gasteiger partial charge in [-0.3, -0.25) is 0 Å². The number of rotatable bonds is 6. The predicted molar refractivity (Wildman–Crippen MR) is 79.7 cm³/mol. The molecular formula is C15H20FN3O2. The summed E-state index contributed by atoms with van der Waals surface area (Å²) in [6.45, 7) is 3.14. The van der Waals surface area contributed by atoms with E-state index in [9.17, 15) is 9.18 Å². The van der Waals surface area contributed by atoms with Gasteiger partial charge >= 0.3 is 6.03 Å². The van der Waals surface area contributed by atoms with Gasteiger partial charge in [0.15, 0.2) is 0 Å². The van der Waals surface area contributed by atoms with Crippen molar-refractivity contribution in [3.05, 3.63) is 35.8 Å². The van der Waals surface area contributed by atoms with Crippen molar-refractivity contribution in [3.63, 3.8) is 0 Å². The molecule has 0 radical (unpaired) electrons. The summed E-state index contributed by atoms with van der Waals surface area (Å²) in [5.41, 5.74) is 1.85. The van der Waals surface area contributed by atoms with Gasteiger partial charge in [-0.25, -0.2) is 9.18 Å². The lowest BCUT2D eigenvalue weighted by Crippen LogP contribution is -2.42. The average molecular weight is 293 g/mol. The lowest BCUT2D eigenvalue weighted by atomic mass is 10.1. The number of carbonyl (C=O) groups is 1. The lowest BCUT2D eigenvalue weighted by molar-refractivity contribution is 0.180. The van der Waals surface area contributed by atoms with E-state index < -0.39 is 0 Å². The molecule has 0 unspecified atom stereocenters. The zero-order chi connectivity index (χ0) is 15.2. The Kier molecular flexibility index (Phi) is 5.16. The van der Waals surface area contributed by atoms with Crippen molar-refractivity contribution in [2.24, 2.45) is 0 Å². The second-order valence-corrected chi connectivity index (χ2v) is 4.79. The van der Waals surface area contributed by atoms with Crippen LogP contribution in [0.3, 0.4) is 0 Å². The Morgan fingerprint density at radius 2 is 2.29 bits per heavy atom. The highest BCUT2D eigenvalue weighted by Crippen LogP contribution is 2.19. The fourth-order valence-electron chi connectivity index (χ4n) is 2.30. The van der Waals surface area contributed by atoms with Gasteiger partial charge in [-0.2, -0.15) is 0 Å². The molecule has 21 heavy (non-hydrogen) atoms. The molecule has 1 aromatic carbocycles. The number of nitrogens with one attached hydrogen (secondary N) is 2. The number of amides is 2. The molecule has 3 N–H and O–H groups in total. The summed E-state index contributed by atoms with van der Waals surface area (Å²) in [7, 11) is 0. The number of aliphatic hydroxyl groups excluding tert-OH is 1. The molecule has 0 aliphatic heterocycles. The minimum atomic E-state index is -0.271. The molecule has 6 heteroatoms. The first-order valence-electron chi connectivity index (χ1n) is 7.04. The van der Waals surface area contributed by atoms with Crippen LogP contribution in [0.2, 0.25) is 0 Å².